The van der Waals surface area contributed by atoms with E-state index in [0.29, 0.717) is 5.92 Å². The predicted octanol–water partition coefficient (Wildman–Crippen LogP) is 3.39. The van der Waals surface area contributed by atoms with E-state index < -0.39 is 0 Å². The highest BCUT2D eigenvalue weighted by molar-refractivity contribution is 5.78. The molecule has 0 bridgehead atoms. The van der Waals surface area contributed by atoms with Gasteiger partial charge in [-0.1, -0.05) is 24.3 Å². The van der Waals surface area contributed by atoms with Crippen molar-refractivity contribution >= 4 is 16.9 Å². The Morgan fingerprint density at radius 2 is 1.81 bits per heavy atom. The molecule has 1 fully saturated rings. The quantitative estimate of drug-likeness (QED) is 0.562. The molecule has 6 nitrogen and oxygen atoms in total. The van der Waals surface area contributed by atoms with Gasteiger partial charge in [-0.2, -0.15) is 0 Å². The van der Waals surface area contributed by atoms with Gasteiger partial charge in [-0.05, 0) is 19.1 Å². The van der Waals surface area contributed by atoms with E-state index in [9.17, 15) is 0 Å². The van der Waals surface area contributed by atoms with E-state index in [2.05, 4.69) is 30.9 Å². The Bertz CT molecular complexity index is 1120. The molecular weight excluding hydrogens is 336 g/mol. The third-order valence-corrected chi connectivity index (χ3v) is 5.07. The van der Waals surface area contributed by atoms with Gasteiger partial charge in [0.25, 0.3) is 0 Å². The molecule has 1 aliphatic heterocycles. The van der Waals surface area contributed by atoms with Gasteiger partial charge in [0.2, 0.25) is 5.95 Å². The normalized spacial score (nSPS) is 14.3. The van der Waals surface area contributed by atoms with Gasteiger partial charge in [-0.25, -0.2) is 19.9 Å². The second-order valence-corrected chi connectivity index (χ2v) is 6.79. The van der Waals surface area contributed by atoms with Crippen molar-refractivity contribution in [2.45, 2.75) is 12.8 Å². The summed E-state index contributed by atoms with van der Waals surface area (Å²) in [5, 5.41) is 1.06. The molecule has 132 valence electrons. The molecule has 4 aromatic rings. The molecule has 0 amide bonds. The molecule has 0 saturated carbocycles. The molecule has 0 N–H and O–H groups in total. The highest BCUT2D eigenvalue weighted by Gasteiger charge is 2.33. The molecule has 0 atom stereocenters. The van der Waals surface area contributed by atoms with Crippen molar-refractivity contribution in [1.29, 1.82) is 0 Å². The van der Waals surface area contributed by atoms with Crippen LogP contribution in [0.3, 0.4) is 0 Å². The maximum absolute atomic E-state index is 4.69. The van der Waals surface area contributed by atoms with Crippen molar-refractivity contribution in [3.05, 3.63) is 72.7 Å². The number of benzene rings is 1. The van der Waals surface area contributed by atoms with Crippen LogP contribution in [0.5, 0.6) is 0 Å². The zero-order chi connectivity index (χ0) is 18.2. The number of nitrogens with zero attached hydrogens (tertiary/aromatic N) is 6. The summed E-state index contributed by atoms with van der Waals surface area (Å²) < 4.78 is 0. The number of para-hydroxylation sites is 1. The lowest BCUT2D eigenvalue weighted by atomic mass is 9.90. The second kappa shape index (κ2) is 6.39. The Hall–Kier alpha value is -3.41. The van der Waals surface area contributed by atoms with E-state index in [-0.39, 0.29) is 0 Å². The number of fused-ring (bicyclic) bond motifs is 1. The van der Waals surface area contributed by atoms with E-state index in [0.717, 1.165) is 52.5 Å². The average molecular weight is 354 g/mol. The Morgan fingerprint density at radius 3 is 2.70 bits per heavy atom. The van der Waals surface area contributed by atoms with Gasteiger partial charge in [-0.15, -0.1) is 0 Å². The van der Waals surface area contributed by atoms with Crippen LogP contribution in [0.2, 0.25) is 0 Å². The molecule has 4 heterocycles. The van der Waals surface area contributed by atoms with E-state index in [1.54, 1.807) is 6.33 Å². The average Bonchev–Trinajstić information content (AvgIpc) is 2.68. The maximum atomic E-state index is 4.69. The summed E-state index contributed by atoms with van der Waals surface area (Å²) in [6, 6.07) is 12.1. The van der Waals surface area contributed by atoms with Crippen LogP contribution in [0.1, 0.15) is 17.3 Å². The lowest BCUT2D eigenvalue weighted by Crippen LogP contribution is -2.46. The summed E-state index contributed by atoms with van der Waals surface area (Å²) in [5.74, 6) is 1.11. The molecule has 0 spiro atoms. The van der Waals surface area contributed by atoms with Gasteiger partial charge in [0.1, 0.15) is 6.33 Å². The lowest BCUT2D eigenvalue weighted by Gasteiger charge is -2.39. The number of pyridine rings is 1. The molecule has 1 aromatic carbocycles. The fourth-order valence-corrected chi connectivity index (χ4v) is 3.57. The number of hydrogen-bond donors (Lipinski definition) is 0. The maximum Gasteiger partial charge on any atom is 0.225 e. The molecule has 6 heteroatoms. The minimum atomic E-state index is 0.331. The number of aromatic nitrogens is 5. The molecule has 5 rings (SSSR count). The Morgan fingerprint density at radius 1 is 0.926 bits per heavy atom. The first-order valence-electron chi connectivity index (χ1n) is 8.98. The van der Waals surface area contributed by atoms with E-state index in [1.165, 1.54) is 0 Å². The first-order chi connectivity index (χ1) is 13.3. The van der Waals surface area contributed by atoms with Gasteiger partial charge >= 0.3 is 0 Å². The third-order valence-electron chi connectivity index (χ3n) is 5.07. The molecule has 0 aliphatic carbocycles. The summed E-state index contributed by atoms with van der Waals surface area (Å²) in [4.78, 5) is 24.6. The summed E-state index contributed by atoms with van der Waals surface area (Å²) in [6.07, 6.45) is 7.21. The minimum absolute atomic E-state index is 0.331. The number of hydrogen-bond acceptors (Lipinski definition) is 6. The van der Waals surface area contributed by atoms with Gasteiger partial charge < -0.3 is 4.90 Å². The number of rotatable bonds is 3. The van der Waals surface area contributed by atoms with Crippen LogP contribution < -0.4 is 4.90 Å². The molecule has 0 radical (unpaired) electrons. The molecule has 3 aromatic heterocycles. The predicted molar refractivity (Wildman–Crippen MR) is 104 cm³/mol. The molecule has 1 aliphatic rings. The zero-order valence-electron chi connectivity index (χ0n) is 14.9. The standard InChI is InChI=1S/C21H18N6/c1-14-17(6-4-8-23-14)18-10-22-13-25-20(18)16-11-27(12-16)21-24-9-15-5-2-3-7-19(15)26-21/h2-10,13,16H,11-12H2,1H3. The fraction of sp³-hybridized carbons (Fsp3) is 0.190. The topological polar surface area (TPSA) is 67.7 Å². The Kier molecular flexibility index (Phi) is 3.74. The first-order valence-corrected chi connectivity index (χ1v) is 8.98. The number of anilines is 1. The van der Waals surface area contributed by atoms with Crippen molar-refractivity contribution in [2.75, 3.05) is 18.0 Å². The fourth-order valence-electron chi connectivity index (χ4n) is 3.57. The lowest BCUT2D eigenvalue weighted by molar-refractivity contribution is 0.504. The summed E-state index contributed by atoms with van der Waals surface area (Å²) in [7, 11) is 0. The molecular formula is C21H18N6. The largest absolute Gasteiger partial charge is 0.339 e. The van der Waals surface area contributed by atoms with E-state index >= 15 is 0 Å². The first kappa shape index (κ1) is 15.8. The smallest absolute Gasteiger partial charge is 0.225 e. The molecule has 1 saturated heterocycles. The second-order valence-electron chi connectivity index (χ2n) is 6.79. The highest BCUT2D eigenvalue weighted by atomic mass is 15.3. The SMILES string of the molecule is Cc1ncccc1-c1cncnc1C1CN(c2ncc3ccccc3n2)C1. The third kappa shape index (κ3) is 2.79. The van der Waals surface area contributed by atoms with Gasteiger partial charge in [0.05, 0.1) is 11.2 Å². The van der Waals surface area contributed by atoms with Crippen molar-refractivity contribution in [2.24, 2.45) is 0 Å². The van der Waals surface area contributed by atoms with Crippen LogP contribution in [-0.2, 0) is 0 Å². The molecule has 0 unspecified atom stereocenters. The van der Waals surface area contributed by atoms with Crippen LogP contribution in [0.15, 0.2) is 61.3 Å². The van der Waals surface area contributed by atoms with Crippen molar-refractivity contribution in [1.82, 2.24) is 24.9 Å². The van der Waals surface area contributed by atoms with Gasteiger partial charge in [0.15, 0.2) is 0 Å². The van der Waals surface area contributed by atoms with Crippen LogP contribution in [0.4, 0.5) is 5.95 Å². The monoisotopic (exact) mass is 354 g/mol. The molecule has 27 heavy (non-hydrogen) atoms. The summed E-state index contributed by atoms with van der Waals surface area (Å²) in [6.45, 7) is 3.71. The Labute approximate surface area is 157 Å². The van der Waals surface area contributed by atoms with Crippen LogP contribution in [-0.4, -0.2) is 38.0 Å². The van der Waals surface area contributed by atoms with Crippen LogP contribution in [0.25, 0.3) is 22.0 Å². The van der Waals surface area contributed by atoms with Crippen molar-refractivity contribution in [3.8, 4) is 11.1 Å². The number of aryl methyl sites for hydroxylation is 1. The zero-order valence-corrected chi connectivity index (χ0v) is 14.9. The van der Waals surface area contributed by atoms with Gasteiger partial charge in [-0.3, -0.25) is 4.98 Å². The van der Waals surface area contributed by atoms with Crippen molar-refractivity contribution < 1.29 is 0 Å². The van der Waals surface area contributed by atoms with Crippen LogP contribution >= 0.6 is 0 Å². The van der Waals surface area contributed by atoms with Crippen LogP contribution in [0, 0.1) is 6.92 Å². The van der Waals surface area contributed by atoms with Gasteiger partial charge in [0, 0.05) is 59.8 Å². The van der Waals surface area contributed by atoms with E-state index in [1.807, 2.05) is 55.8 Å². The summed E-state index contributed by atoms with van der Waals surface area (Å²) >= 11 is 0. The van der Waals surface area contributed by atoms with E-state index in [4.69, 9.17) is 4.98 Å². The summed E-state index contributed by atoms with van der Waals surface area (Å²) in [5.41, 5.74) is 5.18. The minimum Gasteiger partial charge on any atom is -0.339 e. The highest BCUT2D eigenvalue weighted by Crippen LogP contribution is 2.35. The Balaban J connectivity index is 1.42. The van der Waals surface area contributed by atoms with Crippen molar-refractivity contribution in [3.63, 3.8) is 0 Å².